The Morgan fingerprint density at radius 2 is 2.24 bits per heavy atom. The Morgan fingerprint density at radius 1 is 1.48 bits per heavy atom. The summed E-state index contributed by atoms with van der Waals surface area (Å²) < 4.78 is 5.69. The highest BCUT2D eigenvalue weighted by molar-refractivity contribution is 9.10. The maximum Gasteiger partial charge on any atom is 0.367 e. The summed E-state index contributed by atoms with van der Waals surface area (Å²) >= 11 is 4.40. The molecule has 8 heteroatoms. The first-order valence-electron chi connectivity index (χ1n) is 6.07. The lowest BCUT2D eigenvalue weighted by molar-refractivity contribution is 0.0526. The van der Waals surface area contributed by atoms with Gasteiger partial charge in [0, 0.05) is 16.0 Å². The molecule has 0 aliphatic heterocycles. The van der Waals surface area contributed by atoms with Crippen molar-refractivity contribution in [3.05, 3.63) is 38.4 Å². The minimum Gasteiger partial charge on any atom is -0.461 e. The van der Waals surface area contributed by atoms with Crippen molar-refractivity contribution in [1.29, 1.82) is 0 Å². The van der Waals surface area contributed by atoms with Gasteiger partial charge in [0.25, 0.3) is 5.91 Å². The van der Waals surface area contributed by atoms with Crippen LogP contribution < -0.4 is 5.32 Å². The van der Waals surface area contributed by atoms with Gasteiger partial charge in [0.1, 0.15) is 11.5 Å². The molecule has 6 nitrogen and oxygen atoms in total. The fraction of sp³-hybridized carbons (Fsp3) is 0.231. The quantitative estimate of drug-likeness (QED) is 0.837. The lowest BCUT2D eigenvalue weighted by atomic mass is 10.3. The van der Waals surface area contributed by atoms with Crippen LogP contribution in [0.1, 0.15) is 32.8 Å². The Balaban J connectivity index is 2.10. The maximum atomic E-state index is 12.0. The molecule has 0 aromatic carbocycles. The van der Waals surface area contributed by atoms with Crippen LogP contribution in [0.4, 0.5) is 5.82 Å². The Labute approximate surface area is 133 Å². The third-order valence-electron chi connectivity index (χ3n) is 2.48. The van der Waals surface area contributed by atoms with Crippen LogP contribution in [0, 0.1) is 6.92 Å². The number of halogens is 1. The summed E-state index contributed by atoms with van der Waals surface area (Å²) in [6, 6.07) is 1.74. The van der Waals surface area contributed by atoms with Crippen molar-refractivity contribution in [3.8, 4) is 0 Å². The van der Waals surface area contributed by atoms with Gasteiger partial charge < -0.3 is 10.1 Å². The number of thiazole rings is 1. The zero-order valence-corrected chi connectivity index (χ0v) is 13.7. The van der Waals surface area contributed by atoms with E-state index in [0.29, 0.717) is 5.82 Å². The summed E-state index contributed by atoms with van der Waals surface area (Å²) in [6.45, 7) is 3.87. The minimum atomic E-state index is -0.529. The number of hydrogen-bond donors (Lipinski definition) is 1. The Kier molecular flexibility index (Phi) is 5.03. The van der Waals surface area contributed by atoms with E-state index in [1.54, 1.807) is 19.2 Å². The lowest BCUT2D eigenvalue weighted by Gasteiger charge is -2.04. The normalized spacial score (nSPS) is 10.2. The number of hydrogen-bond acceptors (Lipinski definition) is 6. The number of ether oxygens (including phenoxy) is 1. The predicted octanol–water partition coefficient (Wildman–Crippen LogP) is 3.04. The number of anilines is 1. The Hall–Kier alpha value is -1.80. The van der Waals surface area contributed by atoms with Crippen molar-refractivity contribution in [3.63, 3.8) is 0 Å². The van der Waals surface area contributed by atoms with Crippen molar-refractivity contribution in [2.24, 2.45) is 0 Å². The third kappa shape index (κ3) is 3.85. The van der Waals surface area contributed by atoms with E-state index in [1.165, 1.54) is 5.38 Å². The van der Waals surface area contributed by atoms with Crippen LogP contribution in [0.25, 0.3) is 0 Å². The second kappa shape index (κ2) is 6.77. The van der Waals surface area contributed by atoms with E-state index in [1.807, 2.05) is 6.92 Å². The van der Waals surface area contributed by atoms with Crippen LogP contribution in [0.5, 0.6) is 0 Å². The number of amides is 1. The van der Waals surface area contributed by atoms with Crippen LogP contribution in [0.15, 0.2) is 22.1 Å². The molecule has 0 aliphatic carbocycles. The molecule has 0 atom stereocenters. The van der Waals surface area contributed by atoms with Crippen molar-refractivity contribution in [2.45, 2.75) is 13.8 Å². The van der Waals surface area contributed by atoms with Crippen molar-refractivity contribution < 1.29 is 14.3 Å². The van der Waals surface area contributed by atoms with E-state index in [2.05, 4.69) is 31.2 Å². The summed E-state index contributed by atoms with van der Waals surface area (Å²) in [5.41, 5.74) is 1.11. The van der Waals surface area contributed by atoms with Gasteiger partial charge in [-0.2, -0.15) is 0 Å². The van der Waals surface area contributed by atoms with Gasteiger partial charge >= 0.3 is 5.97 Å². The molecule has 0 unspecified atom stereocenters. The van der Waals surface area contributed by atoms with E-state index in [9.17, 15) is 9.59 Å². The number of esters is 1. The van der Waals surface area contributed by atoms with Gasteiger partial charge in [0.2, 0.25) is 5.01 Å². The summed E-state index contributed by atoms with van der Waals surface area (Å²) in [4.78, 5) is 31.6. The molecular weight excluding hydrogens is 358 g/mol. The van der Waals surface area contributed by atoms with Crippen LogP contribution in [0.3, 0.4) is 0 Å². The fourth-order valence-corrected chi connectivity index (χ4v) is 2.36. The maximum absolute atomic E-state index is 12.0. The first-order chi connectivity index (χ1) is 10.0. The molecule has 0 fully saturated rings. The first kappa shape index (κ1) is 15.6. The Bertz CT molecular complexity index is 687. The van der Waals surface area contributed by atoms with Crippen molar-refractivity contribution in [1.82, 2.24) is 9.97 Å². The number of rotatable bonds is 4. The number of aryl methyl sites for hydroxylation is 1. The average molecular weight is 370 g/mol. The summed E-state index contributed by atoms with van der Waals surface area (Å²) in [6.07, 6.45) is 1.61. The Morgan fingerprint density at radius 3 is 2.90 bits per heavy atom. The van der Waals surface area contributed by atoms with E-state index in [0.717, 1.165) is 21.4 Å². The number of carbonyl (C=O) groups excluding carboxylic acids is 2. The first-order valence-corrected chi connectivity index (χ1v) is 7.74. The van der Waals surface area contributed by atoms with E-state index in [-0.39, 0.29) is 17.3 Å². The van der Waals surface area contributed by atoms with Gasteiger partial charge in [-0.15, -0.1) is 11.3 Å². The average Bonchev–Trinajstić information content (AvgIpc) is 2.93. The molecule has 0 aliphatic rings. The highest BCUT2D eigenvalue weighted by Crippen LogP contribution is 2.18. The van der Waals surface area contributed by atoms with Crippen LogP contribution in [-0.2, 0) is 4.74 Å². The number of aromatic nitrogens is 2. The van der Waals surface area contributed by atoms with E-state index < -0.39 is 11.9 Å². The lowest BCUT2D eigenvalue weighted by Crippen LogP contribution is -2.14. The van der Waals surface area contributed by atoms with E-state index in [4.69, 9.17) is 4.74 Å². The van der Waals surface area contributed by atoms with Gasteiger partial charge in [-0.05, 0) is 41.4 Å². The van der Waals surface area contributed by atoms with Crippen LogP contribution in [0.2, 0.25) is 0 Å². The standard InChI is InChI=1S/C13H12BrN3O3S/c1-3-20-13(19)12-16-9(6-21-12)11(18)17-10-4-7(2)8(14)5-15-10/h4-6H,3H2,1-2H3,(H,15,17,18). The zero-order valence-electron chi connectivity index (χ0n) is 11.3. The molecule has 0 radical (unpaired) electrons. The monoisotopic (exact) mass is 369 g/mol. The third-order valence-corrected chi connectivity index (χ3v) is 4.13. The molecule has 2 aromatic rings. The zero-order chi connectivity index (χ0) is 15.4. The molecule has 1 N–H and O–H groups in total. The van der Waals surface area contributed by atoms with E-state index >= 15 is 0 Å². The molecular formula is C13H12BrN3O3S. The van der Waals surface area contributed by atoms with Gasteiger partial charge in [-0.3, -0.25) is 4.79 Å². The molecule has 0 spiro atoms. The van der Waals surface area contributed by atoms with Crippen molar-refractivity contribution in [2.75, 3.05) is 11.9 Å². The van der Waals surface area contributed by atoms with Gasteiger partial charge in [-0.25, -0.2) is 14.8 Å². The van der Waals surface area contributed by atoms with Crippen molar-refractivity contribution >= 4 is 45.0 Å². The summed E-state index contributed by atoms with van der Waals surface area (Å²) in [5, 5.41) is 4.29. The van der Waals surface area contributed by atoms with Crippen LogP contribution >= 0.6 is 27.3 Å². The smallest absolute Gasteiger partial charge is 0.367 e. The summed E-state index contributed by atoms with van der Waals surface area (Å²) in [5.74, 6) is -0.526. The highest BCUT2D eigenvalue weighted by atomic mass is 79.9. The second-order valence-electron chi connectivity index (χ2n) is 4.03. The second-order valence-corrected chi connectivity index (χ2v) is 5.74. The van der Waals surface area contributed by atoms with Gasteiger partial charge in [0.05, 0.1) is 6.61 Å². The number of carbonyl (C=O) groups is 2. The highest BCUT2D eigenvalue weighted by Gasteiger charge is 2.16. The molecule has 0 saturated heterocycles. The molecule has 110 valence electrons. The molecule has 1 amide bonds. The summed E-state index contributed by atoms with van der Waals surface area (Å²) in [7, 11) is 0. The fourth-order valence-electron chi connectivity index (χ4n) is 1.45. The minimum absolute atomic E-state index is 0.155. The molecule has 2 rings (SSSR count). The molecule has 0 saturated carbocycles. The largest absolute Gasteiger partial charge is 0.461 e. The molecule has 0 bridgehead atoms. The molecule has 21 heavy (non-hydrogen) atoms. The SMILES string of the molecule is CCOC(=O)c1nc(C(=O)Nc2cc(C)c(Br)cn2)cs1. The topological polar surface area (TPSA) is 81.2 Å². The number of nitrogens with zero attached hydrogens (tertiary/aromatic N) is 2. The predicted molar refractivity (Wildman–Crippen MR) is 82.7 cm³/mol. The molecule has 2 heterocycles. The number of nitrogens with one attached hydrogen (secondary N) is 1. The van der Waals surface area contributed by atoms with Gasteiger partial charge in [-0.1, -0.05) is 0 Å². The molecule has 2 aromatic heterocycles. The van der Waals surface area contributed by atoms with Crippen LogP contribution in [-0.4, -0.2) is 28.5 Å². The van der Waals surface area contributed by atoms with Gasteiger partial charge in [0.15, 0.2) is 0 Å². The number of pyridine rings is 1.